The summed E-state index contributed by atoms with van der Waals surface area (Å²) in [7, 11) is 2.79. The predicted molar refractivity (Wildman–Crippen MR) is 36.8 cm³/mol. The lowest BCUT2D eigenvalue weighted by Crippen LogP contribution is -2.14. The zero-order valence-electron chi connectivity index (χ0n) is 6.09. The third-order valence-corrected chi connectivity index (χ3v) is 1.60. The van der Waals surface area contributed by atoms with E-state index in [4.69, 9.17) is 21.1 Å². The molecule has 0 amide bonds. The normalized spacial score (nSPS) is 23.9. The van der Waals surface area contributed by atoms with Crippen molar-refractivity contribution in [2.75, 3.05) is 14.2 Å². The third-order valence-electron chi connectivity index (χ3n) is 1.26. The molecular weight excluding hydrogens is 172 g/mol. The number of carbonyl (C=O) groups is 1. The Labute approximate surface area is 68.7 Å². The largest absolute Gasteiger partial charge is 0.493 e. The van der Waals surface area contributed by atoms with Crippen LogP contribution in [0, 0.1) is 0 Å². The standard InChI is InChI=1S/C6H7ClO4/c1-9-4-3(7)5(8)11-6(4)10-2/h6H,1-2H3/t6-/m0/s1. The minimum atomic E-state index is -0.792. The Morgan fingerprint density at radius 1 is 1.55 bits per heavy atom. The summed E-state index contributed by atoms with van der Waals surface area (Å²) in [5.74, 6) is -0.394. The van der Waals surface area contributed by atoms with Crippen LogP contribution in [0.15, 0.2) is 10.8 Å². The van der Waals surface area contributed by atoms with Crippen LogP contribution in [0.3, 0.4) is 0 Å². The number of methoxy groups -OCH3 is 2. The lowest BCUT2D eigenvalue weighted by Gasteiger charge is -2.09. The van der Waals surface area contributed by atoms with E-state index in [9.17, 15) is 4.79 Å². The summed E-state index contributed by atoms with van der Waals surface area (Å²) in [6, 6.07) is 0. The first-order valence-corrected chi connectivity index (χ1v) is 3.26. The summed E-state index contributed by atoms with van der Waals surface area (Å²) < 4.78 is 14.2. The third kappa shape index (κ3) is 1.32. The number of esters is 1. The molecule has 0 saturated carbocycles. The van der Waals surface area contributed by atoms with Crippen LogP contribution in [0.5, 0.6) is 0 Å². The Kier molecular flexibility index (Phi) is 2.36. The number of carbonyl (C=O) groups excluding carboxylic acids is 1. The molecule has 0 saturated heterocycles. The van der Waals surface area contributed by atoms with E-state index < -0.39 is 12.3 Å². The van der Waals surface area contributed by atoms with Crippen molar-refractivity contribution >= 4 is 17.6 Å². The van der Waals surface area contributed by atoms with Gasteiger partial charge in [0.2, 0.25) is 0 Å². The first-order valence-electron chi connectivity index (χ1n) is 2.88. The van der Waals surface area contributed by atoms with Crippen molar-refractivity contribution in [3.05, 3.63) is 10.8 Å². The quantitative estimate of drug-likeness (QED) is 0.582. The second-order valence-corrected chi connectivity index (χ2v) is 2.23. The van der Waals surface area contributed by atoms with Crippen molar-refractivity contribution in [2.45, 2.75) is 6.29 Å². The van der Waals surface area contributed by atoms with E-state index in [0.29, 0.717) is 0 Å². The van der Waals surface area contributed by atoms with Gasteiger partial charge in [-0.15, -0.1) is 0 Å². The molecule has 1 rings (SSSR count). The fraction of sp³-hybridized carbons (Fsp3) is 0.500. The molecule has 1 heterocycles. The van der Waals surface area contributed by atoms with Gasteiger partial charge in [-0.3, -0.25) is 0 Å². The van der Waals surface area contributed by atoms with Crippen molar-refractivity contribution in [2.24, 2.45) is 0 Å². The van der Waals surface area contributed by atoms with Crippen LogP contribution in [0.1, 0.15) is 0 Å². The van der Waals surface area contributed by atoms with Crippen LogP contribution < -0.4 is 0 Å². The topological polar surface area (TPSA) is 44.8 Å². The zero-order chi connectivity index (χ0) is 8.43. The molecule has 1 atom stereocenters. The van der Waals surface area contributed by atoms with E-state index in [1.54, 1.807) is 0 Å². The van der Waals surface area contributed by atoms with Crippen LogP contribution in [0.25, 0.3) is 0 Å². The van der Waals surface area contributed by atoms with E-state index in [0.717, 1.165) is 0 Å². The molecule has 0 aliphatic carbocycles. The summed E-state index contributed by atoms with van der Waals surface area (Å²) in [5, 5.41) is -0.0562. The molecule has 1 aliphatic heterocycles. The van der Waals surface area contributed by atoms with Gasteiger partial charge >= 0.3 is 5.97 Å². The fourth-order valence-corrected chi connectivity index (χ4v) is 0.958. The van der Waals surface area contributed by atoms with Crippen LogP contribution in [0.2, 0.25) is 0 Å². The lowest BCUT2D eigenvalue weighted by atomic mass is 10.5. The first kappa shape index (κ1) is 8.36. The first-order chi connectivity index (χ1) is 5.20. The summed E-state index contributed by atoms with van der Waals surface area (Å²) in [5.41, 5.74) is 0. The van der Waals surface area contributed by atoms with Crippen LogP contribution in [-0.2, 0) is 19.0 Å². The predicted octanol–water partition coefficient (Wildman–Crippen LogP) is 0.613. The Bertz CT molecular complexity index is 211. The molecule has 0 aromatic rings. The summed E-state index contributed by atoms with van der Waals surface area (Å²) in [6.07, 6.45) is -0.792. The smallest absolute Gasteiger partial charge is 0.356 e. The summed E-state index contributed by atoms with van der Waals surface area (Å²) >= 11 is 5.50. The van der Waals surface area contributed by atoms with Crippen LogP contribution in [0.4, 0.5) is 0 Å². The van der Waals surface area contributed by atoms with E-state index in [1.165, 1.54) is 14.2 Å². The highest BCUT2D eigenvalue weighted by Gasteiger charge is 2.34. The maximum atomic E-state index is 10.7. The lowest BCUT2D eigenvalue weighted by molar-refractivity contribution is -0.158. The highest BCUT2D eigenvalue weighted by atomic mass is 35.5. The molecule has 0 N–H and O–H groups in total. The van der Waals surface area contributed by atoms with Gasteiger partial charge in [-0.2, -0.15) is 0 Å². The van der Waals surface area contributed by atoms with E-state index in [2.05, 4.69) is 4.74 Å². The minimum Gasteiger partial charge on any atom is -0.493 e. The van der Waals surface area contributed by atoms with Gasteiger partial charge in [0.25, 0.3) is 6.29 Å². The molecule has 0 aromatic carbocycles. The summed E-state index contributed by atoms with van der Waals surface area (Å²) in [4.78, 5) is 10.7. The van der Waals surface area contributed by atoms with Crippen molar-refractivity contribution < 1.29 is 19.0 Å². The molecule has 0 aromatic heterocycles. The SMILES string of the molecule is COC1=C(Cl)C(=O)O[C@@H]1OC. The fourth-order valence-electron chi connectivity index (χ4n) is 0.748. The Morgan fingerprint density at radius 2 is 2.18 bits per heavy atom. The molecule has 0 bridgehead atoms. The maximum absolute atomic E-state index is 10.7. The average Bonchev–Trinajstić information content (AvgIpc) is 2.28. The molecule has 0 fully saturated rings. The van der Waals surface area contributed by atoms with Gasteiger partial charge in [0.15, 0.2) is 10.8 Å². The van der Waals surface area contributed by atoms with Gasteiger partial charge in [0.1, 0.15) is 0 Å². The van der Waals surface area contributed by atoms with Crippen LogP contribution >= 0.6 is 11.6 Å². The molecule has 1 aliphatic rings. The average molecular weight is 179 g/mol. The van der Waals surface area contributed by atoms with E-state index in [1.807, 2.05) is 0 Å². The Balaban J connectivity index is 2.86. The van der Waals surface area contributed by atoms with Gasteiger partial charge in [-0.1, -0.05) is 11.6 Å². The van der Waals surface area contributed by atoms with Crippen molar-refractivity contribution in [1.82, 2.24) is 0 Å². The summed E-state index contributed by atoms with van der Waals surface area (Å²) in [6.45, 7) is 0. The highest BCUT2D eigenvalue weighted by Crippen LogP contribution is 2.25. The molecule has 0 radical (unpaired) electrons. The van der Waals surface area contributed by atoms with Gasteiger partial charge in [-0.05, 0) is 0 Å². The van der Waals surface area contributed by atoms with Crippen LogP contribution in [-0.4, -0.2) is 26.5 Å². The van der Waals surface area contributed by atoms with Crippen molar-refractivity contribution in [1.29, 1.82) is 0 Å². The van der Waals surface area contributed by atoms with Gasteiger partial charge < -0.3 is 14.2 Å². The van der Waals surface area contributed by atoms with E-state index in [-0.39, 0.29) is 10.8 Å². The number of hydrogen-bond acceptors (Lipinski definition) is 4. The second kappa shape index (κ2) is 3.11. The number of ether oxygens (including phenoxy) is 3. The minimum absolute atomic E-state index is 0.0562. The van der Waals surface area contributed by atoms with Gasteiger partial charge in [0, 0.05) is 7.11 Å². The Hall–Kier alpha value is -0.740. The molecule has 5 heteroatoms. The number of rotatable bonds is 2. The van der Waals surface area contributed by atoms with Gasteiger partial charge in [0.05, 0.1) is 7.11 Å². The molecule has 11 heavy (non-hydrogen) atoms. The number of halogens is 1. The maximum Gasteiger partial charge on any atom is 0.356 e. The molecule has 62 valence electrons. The number of hydrogen-bond donors (Lipinski definition) is 0. The van der Waals surface area contributed by atoms with Crippen molar-refractivity contribution in [3.8, 4) is 0 Å². The second-order valence-electron chi connectivity index (χ2n) is 1.86. The zero-order valence-corrected chi connectivity index (χ0v) is 6.84. The van der Waals surface area contributed by atoms with E-state index >= 15 is 0 Å². The van der Waals surface area contributed by atoms with Gasteiger partial charge in [-0.25, -0.2) is 4.79 Å². The molecular formula is C6H7ClO4. The Morgan fingerprint density at radius 3 is 2.55 bits per heavy atom. The number of cyclic esters (lactones) is 1. The molecule has 0 unspecified atom stereocenters. The monoisotopic (exact) mass is 178 g/mol. The van der Waals surface area contributed by atoms with Crippen molar-refractivity contribution in [3.63, 3.8) is 0 Å². The highest BCUT2D eigenvalue weighted by molar-refractivity contribution is 6.42. The molecule has 4 nitrogen and oxygen atoms in total. The molecule has 0 spiro atoms.